The van der Waals surface area contributed by atoms with Crippen molar-refractivity contribution in [2.24, 2.45) is 0 Å². The van der Waals surface area contributed by atoms with Crippen LogP contribution in [0.3, 0.4) is 0 Å². The SMILES string of the molecule is COc1ccc(Cn2nnc(-c3cnn(-c4cc(Cl)cc(Cl)c4)c3SSc3c(-c4nnn(Cc5ccc(OC)cc5)n4)cnn3-c3cc(Cl)cc(Cl)c3)n2)cc1. The fourth-order valence-electron chi connectivity index (χ4n) is 5.54. The molecule has 0 saturated heterocycles. The molecule has 0 bridgehead atoms. The summed E-state index contributed by atoms with van der Waals surface area (Å²) in [4.78, 5) is 3.03. The standard InChI is InChI=1S/C36H26Cl4N12O2S2/c1-53-29-7-3-21(4-8-29)19-49-45-33(43-47-49)31-17-41-51(27-13-23(37)11-24(38)14-27)35(31)55-56-36-32(18-42-52(36)28-15-25(39)12-26(40)16-28)34-44-48-50(46-34)20-22-5-9-30(54-2)10-6-22/h3-18H,19-20H2,1-2H3. The second kappa shape index (κ2) is 16.6. The Balaban J connectivity index is 1.17. The summed E-state index contributed by atoms with van der Waals surface area (Å²) in [5.74, 6) is 2.23. The Labute approximate surface area is 347 Å². The van der Waals surface area contributed by atoms with Crippen LogP contribution in [0.2, 0.25) is 20.1 Å². The van der Waals surface area contributed by atoms with Crippen LogP contribution in [0.15, 0.2) is 107 Å². The van der Waals surface area contributed by atoms with Crippen molar-refractivity contribution in [3.8, 4) is 45.6 Å². The van der Waals surface area contributed by atoms with Crippen LogP contribution in [0.5, 0.6) is 11.5 Å². The Hall–Kier alpha value is -5.10. The third-order valence-corrected chi connectivity index (χ3v) is 11.4. The lowest BCUT2D eigenvalue weighted by Crippen LogP contribution is -2.04. The monoisotopic (exact) mass is 862 g/mol. The van der Waals surface area contributed by atoms with Crippen molar-refractivity contribution in [2.45, 2.75) is 23.1 Å². The van der Waals surface area contributed by atoms with Crippen LogP contribution in [-0.2, 0) is 13.1 Å². The molecule has 4 aromatic carbocycles. The number of benzene rings is 4. The van der Waals surface area contributed by atoms with E-state index >= 15 is 0 Å². The van der Waals surface area contributed by atoms with Crippen molar-refractivity contribution in [3.05, 3.63) is 129 Å². The number of ether oxygens (including phenoxy) is 2. The summed E-state index contributed by atoms with van der Waals surface area (Å²) in [5.41, 5.74) is 4.42. The van der Waals surface area contributed by atoms with Gasteiger partial charge in [-0.2, -0.15) is 19.8 Å². The molecule has 20 heteroatoms. The lowest BCUT2D eigenvalue weighted by molar-refractivity contribution is 0.414. The molecule has 0 aliphatic carbocycles. The van der Waals surface area contributed by atoms with Gasteiger partial charge in [0, 0.05) is 20.1 Å². The topological polar surface area (TPSA) is 141 Å². The first-order valence-corrected chi connectivity index (χ1v) is 20.1. The maximum atomic E-state index is 6.46. The van der Waals surface area contributed by atoms with Crippen molar-refractivity contribution in [1.82, 2.24) is 60.0 Å². The van der Waals surface area contributed by atoms with Crippen LogP contribution in [-0.4, -0.2) is 74.2 Å². The van der Waals surface area contributed by atoms with Gasteiger partial charge in [-0.05, 0) is 104 Å². The Bertz CT molecular complexity index is 2420. The number of hydrogen-bond acceptors (Lipinski definition) is 12. The molecule has 0 saturated carbocycles. The van der Waals surface area contributed by atoms with E-state index < -0.39 is 0 Å². The van der Waals surface area contributed by atoms with Gasteiger partial charge in [0.05, 0.1) is 62.2 Å². The number of nitrogens with zero attached hydrogens (tertiary/aromatic N) is 12. The van der Waals surface area contributed by atoms with Gasteiger partial charge in [-0.25, -0.2) is 9.36 Å². The summed E-state index contributed by atoms with van der Waals surface area (Å²) in [5, 5.41) is 39.4. The molecule has 0 amide bonds. The Kier molecular flexibility index (Phi) is 11.2. The van der Waals surface area contributed by atoms with Crippen molar-refractivity contribution >= 4 is 68.0 Å². The molecule has 0 atom stereocenters. The summed E-state index contributed by atoms with van der Waals surface area (Å²) in [6, 6.07) is 25.7. The van der Waals surface area contributed by atoms with Gasteiger partial charge in [-0.3, -0.25) is 0 Å². The van der Waals surface area contributed by atoms with Crippen molar-refractivity contribution in [2.75, 3.05) is 14.2 Å². The molecule has 56 heavy (non-hydrogen) atoms. The molecule has 0 radical (unpaired) electrons. The van der Waals surface area contributed by atoms with Crippen molar-refractivity contribution < 1.29 is 9.47 Å². The summed E-state index contributed by atoms with van der Waals surface area (Å²) in [6.07, 6.45) is 3.35. The third-order valence-electron chi connectivity index (χ3n) is 8.19. The second-order valence-electron chi connectivity index (χ2n) is 12.0. The minimum atomic E-state index is 0.361. The second-order valence-corrected chi connectivity index (χ2v) is 15.8. The summed E-state index contributed by atoms with van der Waals surface area (Å²) in [7, 11) is 6.00. The zero-order chi connectivity index (χ0) is 38.8. The quantitative estimate of drug-likeness (QED) is 0.102. The number of halogens is 4. The van der Waals surface area contributed by atoms with Gasteiger partial charge in [0.1, 0.15) is 21.6 Å². The third kappa shape index (κ3) is 8.35. The highest BCUT2D eigenvalue weighted by Gasteiger charge is 2.25. The zero-order valence-corrected chi connectivity index (χ0v) is 33.8. The van der Waals surface area contributed by atoms with E-state index in [0.29, 0.717) is 77.4 Å². The first kappa shape index (κ1) is 37.8. The van der Waals surface area contributed by atoms with Crippen LogP contribution in [0.1, 0.15) is 11.1 Å². The molecule has 4 heterocycles. The minimum absolute atomic E-state index is 0.361. The van der Waals surface area contributed by atoms with Crippen LogP contribution in [0.25, 0.3) is 34.2 Å². The maximum Gasteiger partial charge on any atom is 0.209 e. The van der Waals surface area contributed by atoms with Crippen LogP contribution < -0.4 is 9.47 Å². The van der Waals surface area contributed by atoms with Crippen LogP contribution in [0.4, 0.5) is 0 Å². The van der Waals surface area contributed by atoms with E-state index in [9.17, 15) is 0 Å². The first-order chi connectivity index (χ1) is 27.2. The van der Waals surface area contributed by atoms with E-state index in [1.807, 2.05) is 48.5 Å². The van der Waals surface area contributed by atoms with Crippen LogP contribution >= 0.6 is 68.0 Å². The van der Waals surface area contributed by atoms with Crippen LogP contribution in [0, 0.1) is 0 Å². The first-order valence-electron chi connectivity index (χ1n) is 16.5. The van der Waals surface area contributed by atoms with Gasteiger partial charge in [-0.15, -0.1) is 20.4 Å². The Morgan fingerprint density at radius 2 is 0.911 bits per heavy atom. The average molecular weight is 865 g/mol. The van der Waals surface area contributed by atoms with Gasteiger partial charge in [-0.1, -0.05) is 70.7 Å². The van der Waals surface area contributed by atoms with Crippen molar-refractivity contribution in [1.29, 1.82) is 0 Å². The van der Waals surface area contributed by atoms with Gasteiger partial charge in [0.25, 0.3) is 0 Å². The molecule has 282 valence electrons. The van der Waals surface area contributed by atoms with Gasteiger partial charge in [0.2, 0.25) is 11.6 Å². The molecule has 4 aromatic heterocycles. The smallest absolute Gasteiger partial charge is 0.209 e. The molecular formula is C36H26Cl4N12O2S2. The molecule has 0 aliphatic rings. The summed E-state index contributed by atoms with van der Waals surface area (Å²) in [6.45, 7) is 0.784. The van der Waals surface area contributed by atoms with E-state index in [-0.39, 0.29) is 0 Å². The predicted octanol–water partition coefficient (Wildman–Crippen LogP) is 8.89. The highest BCUT2D eigenvalue weighted by molar-refractivity contribution is 8.76. The molecule has 0 N–H and O–H groups in total. The van der Waals surface area contributed by atoms with E-state index in [1.54, 1.807) is 72.4 Å². The molecule has 14 nitrogen and oxygen atoms in total. The largest absolute Gasteiger partial charge is 0.497 e. The fourth-order valence-corrected chi connectivity index (χ4v) is 9.07. The minimum Gasteiger partial charge on any atom is -0.497 e. The maximum absolute atomic E-state index is 6.46. The predicted molar refractivity (Wildman–Crippen MR) is 217 cm³/mol. The van der Waals surface area contributed by atoms with E-state index in [1.165, 1.54) is 31.2 Å². The number of methoxy groups -OCH3 is 2. The van der Waals surface area contributed by atoms with E-state index in [0.717, 1.165) is 22.6 Å². The highest BCUT2D eigenvalue weighted by atomic mass is 35.5. The van der Waals surface area contributed by atoms with Gasteiger partial charge < -0.3 is 9.47 Å². The highest BCUT2D eigenvalue weighted by Crippen LogP contribution is 2.46. The Morgan fingerprint density at radius 3 is 1.27 bits per heavy atom. The van der Waals surface area contributed by atoms with E-state index in [2.05, 4.69) is 20.6 Å². The summed E-state index contributed by atoms with van der Waals surface area (Å²) >= 11 is 25.8. The molecule has 0 aliphatic heterocycles. The average Bonchev–Trinajstić information content (AvgIpc) is 4.00. The molecule has 8 aromatic rings. The normalized spacial score (nSPS) is 11.3. The number of rotatable bonds is 13. The lowest BCUT2D eigenvalue weighted by Gasteiger charge is -2.11. The lowest BCUT2D eigenvalue weighted by atomic mass is 10.2. The number of aromatic nitrogens is 12. The zero-order valence-electron chi connectivity index (χ0n) is 29.2. The molecule has 8 rings (SSSR count). The number of hydrogen-bond donors (Lipinski definition) is 0. The molecule has 0 fully saturated rings. The fraction of sp³-hybridized carbons (Fsp3) is 0.111. The van der Waals surface area contributed by atoms with Gasteiger partial charge in [0.15, 0.2) is 0 Å². The summed E-state index contributed by atoms with van der Waals surface area (Å²) < 4.78 is 14.0. The molecular weight excluding hydrogens is 838 g/mol. The number of tetrazole rings is 2. The molecule has 0 spiro atoms. The van der Waals surface area contributed by atoms with E-state index in [4.69, 9.17) is 76.3 Å². The van der Waals surface area contributed by atoms with Crippen molar-refractivity contribution in [3.63, 3.8) is 0 Å². The molecule has 0 unspecified atom stereocenters. The Morgan fingerprint density at radius 1 is 0.536 bits per heavy atom. The van der Waals surface area contributed by atoms with Gasteiger partial charge >= 0.3 is 0 Å².